The van der Waals surface area contributed by atoms with Gasteiger partial charge in [-0.3, -0.25) is 9.78 Å². The third-order valence-electron chi connectivity index (χ3n) is 3.85. The zero-order chi connectivity index (χ0) is 16.9. The second-order valence-corrected chi connectivity index (χ2v) is 6.53. The van der Waals surface area contributed by atoms with E-state index in [-0.39, 0.29) is 17.4 Å². The fourth-order valence-corrected chi connectivity index (χ4v) is 2.88. The Kier molecular flexibility index (Phi) is 5.34. The van der Waals surface area contributed by atoms with Crippen molar-refractivity contribution in [1.29, 1.82) is 0 Å². The third-order valence-corrected chi connectivity index (χ3v) is 4.26. The van der Waals surface area contributed by atoms with Crippen molar-refractivity contribution in [1.82, 2.24) is 19.9 Å². The maximum atomic E-state index is 13.7. The van der Waals surface area contributed by atoms with E-state index in [1.165, 1.54) is 12.3 Å². The fraction of sp³-hybridized carbons (Fsp3) is 0.375. The van der Waals surface area contributed by atoms with Crippen LogP contribution in [0.25, 0.3) is 0 Å². The van der Waals surface area contributed by atoms with E-state index in [2.05, 4.69) is 30.9 Å². The van der Waals surface area contributed by atoms with E-state index in [4.69, 9.17) is 4.74 Å². The summed E-state index contributed by atoms with van der Waals surface area (Å²) in [6, 6.07) is 1.72. The lowest BCUT2D eigenvalue weighted by Crippen LogP contribution is -2.42. The molecule has 2 aromatic heterocycles. The zero-order valence-electron chi connectivity index (χ0n) is 12.9. The van der Waals surface area contributed by atoms with Gasteiger partial charge in [-0.25, -0.2) is 14.4 Å². The number of hydrogen-bond donors (Lipinski definition) is 0. The van der Waals surface area contributed by atoms with Gasteiger partial charge >= 0.3 is 6.01 Å². The highest BCUT2D eigenvalue weighted by Crippen LogP contribution is 2.20. The molecule has 24 heavy (non-hydrogen) atoms. The molecule has 0 radical (unpaired) electrons. The molecule has 0 bridgehead atoms. The summed E-state index contributed by atoms with van der Waals surface area (Å²) in [6.45, 7) is 1.56. The van der Waals surface area contributed by atoms with Gasteiger partial charge in [-0.15, -0.1) is 0 Å². The maximum absolute atomic E-state index is 13.7. The summed E-state index contributed by atoms with van der Waals surface area (Å²) in [4.78, 5) is 25.9. The number of carbonyl (C=O) groups is 1. The van der Waals surface area contributed by atoms with Crippen LogP contribution in [0.4, 0.5) is 4.39 Å². The van der Waals surface area contributed by atoms with E-state index in [0.717, 1.165) is 23.5 Å². The first-order chi connectivity index (χ1) is 11.6. The molecule has 126 valence electrons. The van der Waals surface area contributed by atoms with Gasteiger partial charge < -0.3 is 9.64 Å². The van der Waals surface area contributed by atoms with Crippen molar-refractivity contribution in [3.63, 3.8) is 0 Å². The molecular weight excluding hydrogens is 379 g/mol. The van der Waals surface area contributed by atoms with Crippen LogP contribution in [0, 0.1) is 11.7 Å². The van der Waals surface area contributed by atoms with Gasteiger partial charge in [0.1, 0.15) is 0 Å². The van der Waals surface area contributed by atoms with Crippen molar-refractivity contribution in [3.05, 3.63) is 46.7 Å². The van der Waals surface area contributed by atoms with E-state index in [9.17, 15) is 9.18 Å². The second kappa shape index (κ2) is 7.65. The Morgan fingerprint density at radius 3 is 2.92 bits per heavy atom. The van der Waals surface area contributed by atoms with Gasteiger partial charge in [0.15, 0.2) is 5.82 Å². The van der Waals surface area contributed by atoms with Gasteiger partial charge in [0.05, 0.1) is 22.8 Å². The van der Waals surface area contributed by atoms with E-state index in [1.807, 2.05) is 0 Å². The van der Waals surface area contributed by atoms with Crippen molar-refractivity contribution < 1.29 is 13.9 Å². The van der Waals surface area contributed by atoms with Crippen molar-refractivity contribution in [3.8, 4) is 6.01 Å². The number of nitrogens with zero attached hydrogens (tertiary/aromatic N) is 4. The summed E-state index contributed by atoms with van der Waals surface area (Å²) in [5.74, 6) is -0.733. The number of piperidine rings is 1. The zero-order valence-corrected chi connectivity index (χ0v) is 14.4. The van der Waals surface area contributed by atoms with Gasteiger partial charge in [0.2, 0.25) is 0 Å². The Bertz CT molecular complexity index is 713. The molecule has 3 heterocycles. The molecule has 6 nitrogen and oxygen atoms in total. The van der Waals surface area contributed by atoms with Crippen molar-refractivity contribution in [2.45, 2.75) is 12.8 Å². The average Bonchev–Trinajstić information content (AvgIpc) is 2.61. The summed E-state index contributed by atoms with van der Waals surface area (Å²) >= 11 is 3.27. The summed E-state index contributed by atoms with van der Waals surface area (Å²) in [7, 11) is 0. The quantitative estimate of drug-likeness (QED) is 0.797. The molecule has 0 aliphatic carbocycles. The molecule has 3 rings (SSSR count). The van der Waals surface area contributed by atoms with Crippen LogP contribution in [0.5, 0.6) is 6.01 Å². The standard InChI is InChI=1S/C16H16BrFN4O2/c17-12-6-20-16(21-7-12)24-10-11-2-1-5-22(9-11)15(23)13-3-4-19-8-14(13)18/h3-4,6-8,11H,1-2,5,9-10H2. The first-order valence-corrected chi connectivity index (χ1v) is 8.42. The van der Waals surface area contributed by atoms with E-state index < -0.39 is 5.82 Å². The Morgan fingerprint density at radius 2 is 2.17 bits per heavy atom. The summed E-state index contributed by atoms with van der Waals surface area (Å²) in [5.41, 5.74) is 0.0582. The number of hydrogen-bond acceptors (Lipinski definition) is 5. The fourth-order valence-electron chi connectivity index (χ4n) is 2.67. The summed E-state index contributed by atoms with van der Waals surface area (Å²) < 4.78 is 20.1. The molecule has 1 saturated heterocycles. The predicted octanol–water partition coefficient (Wildman–Crippen LogP) is 2.70. The smallest absolute Gasteiger partial charge is 0.316 e. The summed E-state index contributed by atoms with van der Waals surface area (Å²) in [6.07, 6.45) is 7.51. The number of rotatable bonds is 4. The maximum Gasteiger partial charge on any atom is 0.316 e. The average molecular weight is 395 g/mol. The highest BCUT2D eigenvalue weighted by atomic mass is 79.9. The lowest BCUT2D eigenvalue weighted by atomic mass is 9.98. The second-order valence-electron chi connectivity index (χ2n) is 5.61. The number of pyridine rings is 1. The normalized spacial score (nSPS) is 17.6. The first-order valence-electron chi connectivity index (χ1n) is 7.62. The van der Waals surface area contributed by atoms with Crippen LogP contribution < -0.4 is 4.74 Å². The summed E-state index contributed by atoms with van der Waals surface area (Å²) in [5, 5.41) is 0. The van der Waals surface area contributed by atoms with Crippen LogP contribution in [0.15, 0.2) is 35.3 Å². The molecule has 1 atom stereocenters. The number of likely N-dealkylation sites (tertiary alicyclic amines) is 1. The molecule has 1 aliphatic heterocycles. The van der Waals surface area contributed by atoms with E-state index >= 15 is 0 Å². The molecule has 0 aromatic carbocycles. The minimum atomic E-state index is -0.593. The van der Waals surface area contributed by atoms with Crippen LogP contribution in [0.2, 0.25) is 0 Å². The number of carbonyl (C=O) groups excluding carboxylic acids is 1. The van der Waals surface area contributed by atoms with Gasteiger partial charge in [-0.1, -0.05) is 0 Å². The highest BCUT2D eigenvalue weighted by molar-refractivity contribution is 9.10. The molecule has 1 fully saturated rings. The minimum Gasteiger partial charge on any atom is -0.463 e. The largest absolute Gasteiger partial charge is 0.463 e. The van der Waals surface area contributed by atoms with Gasteiger partial charge in [0, 0.05) is 37.6 Å². The highest BCUT2D eigenvalue weighted by Gasteiger charge is 2.26. The van der Waals surface area contributed by atoms with Crippen LogP contribution >= 0.6 is 15.9 Å². The first kappa shape index (κ1) is 16.8. The molecule has 1 amide bonds. The molecule has 0 N–H and O–H groups in total. The number of ether oxygens (including phenoxy) is 1. The molecule has 1 unspecified atom stereocenters. The number of halogens is 2. The molecule has 1 aliphatic rings. The Morgan fingerprint density at radius 1 is 1.38 bits per heavy atom. The monoisotopic (exact) mass is 394 g/mol. The van der Waals surface area contributed by atoms with Crippen molar-refractivity contribution in [2.24, 2.45) is 5.92 Å². The molecule has 0 saturated carbocycles. The van der Waals surface area contributed by atoms with Gasteiger partial charge in [-0.05, 0) is 34.8 Å². The molecule has 2 aromatic rings. The topological polar surface area (TPSA) is 68.2 Å². The van der Waals surface area contributed by atoms with Crippen LogP contribution in [-0.4, -0.2) is 45.5 Å². The van der Waals surface area contributed by atoms with Gasteiger partial charge in [0.25, 0.3) is 5.91 Å². The molecule has 8 heteroatoms. The van der Waals surface area contributed by atoms with E-state index in [1.54, 1.807) is 17.3 Å². The lowest BCUT2D eigenvalue weighted by Gasteiger charge is -2.32. The third kappa shape index (κ3) is 4.05. The number of amides is 1. The van der Waals surface area contributed by atoms with E-state index in [0.29, 0.717) is 25.7 Å². The Balaban J connectivity index is 1.59. The van der Waals surface area contributed by atoms with Gasteiger partial charge in [-0.2, -0.15) is 0 Å². The van der Waals surface area contributed by atoms with Crippen LogP contribution in [0.1, 0.15) is 23.2 Å². The SMILES string of the molecule is O=C(c1ccncc1F)N1CCCC(COc2ncc(Br)cn2)C1. The minimum absolute atomic E-state index is 0.0582. The van der Waals surface area contributed by atoms with Crippen molar-refractivity contribution >= 4 is 21.8 Å². The number of aromatic nitrogens is 3. The lowest BCUT2D eigenvalue weighted by molar-refractivity contribution is 0.0624. The molecule has 0 spiro atoms. The predicted molar refractivity (Wildman–Crippen MR) is 88.0 cm³/mol. The molecular formula is C16H16BrFN4O2. The van der Waals surface area contributed by atoms with Crippen LogP contribution in [-0.2, 0) is 0 Å². The Labute approximate surface area is 147 Å². The van der Waals surface area contributed by atoms with Crippen LogP contribution in [0.3, 0.4) is 0 Å². The van der Waals surface area contributed by atoms with Crippen molar-refractivity contribution in [2.75, 3.05) is 19.7 Å². The Hall–Kier alpha value is -2.09.